The van der Waals surface area contributed by atoms with Gasteiger partial charge in [-0.05, 0) is 31.5 Å². The molecule has 2 rings (SSSR count). The van der Waals surface area contributed by atoms with Crippen LogP contribution in [0.5, 0.6) is 11.5 Å². The summed E-state index contributed by atoms with van der Waals surface area (Å²) >= 11 is 0. The van der Waals surface area contributed by atoms with Crippen molar-refractivity contribution in [2.75, 3.05) is 7.11 Å². The molecule has 1 aromatic carbocycles. The van der Waals surface area contributed by atoms with E-state index in [1.54, 1.807) is 13.3 Å². The van der Waals surface area contributed by atoms with Crippen LogP contribution in [-0.4, -0.2) is 16.9 Å². The minimum Gasteiger partial charge on any atom is -0.497 e. The van der Waals surface area contributed by atoms with E-state index >= 15 is 0 Å². The van der Waals surface area contributed by atoms with Crippen LogP contribution >= 0.6 is 0 Å². The van der Waals surface area contributed by atoms with Crippen molar-refractivity contribution in [1.82, 2.24) is 9.78 Å². The first-order valence-electron chi connectivity index (χ1n) is 5.99. The van der Waals surface area contributed by atoms with Crippen molar-refractivity contribution < 1.29 is 9.47 Å². The molecule has 0 saturated heterocycles. The minimum atomic E-state index is 0.350. The van der Waals surface area contributed by atoms with Gasteiger partial charge in [-0.1, -0.05) is 12.1 Å². The van der Waals surface area contributed by atoms with Gasteiger partial charge in [-0.2, -0.15) is 5.10 Å². The van der Waals surface area contributed by atoms with E-state index < -0.39 is 0 Å². The molecule has 0 atom stereocenters. The fraction of sp³-hybridized carbons (Fsp3) is 0.357. The van der Waals surface area contributed by atoms with Crippen molar-refractivity contribution in [3.63, 3.8) is 0 Å². The molecule has 0 spiro atoms. The molecule has 1 heterocycles. The van der Waals surface area contributed by atoms with Gasteiger partial charge in [0.05, 0.1) is 19.5 Å². The molecule has 0 radical (unpaired) electrons. The third-order valence-corrected chi connectivity index (χ3v) is 2.67. The third kappa shape index (κ3) is 3.03. The van der Waals surface area contributed by atoms with E-state index in [-0.39, 0.29) is 0 Å². The van der Waals surface area contributed by atoms with E-state index in [4.69, 9.17) is 9.47 Å². The predicted molar refractivity (Wildman–Crippen MR) is 69.9 cm³/mol. The number of nitrogens with zero attached hydrogens (tertiary/aromatic N) is 2. The van der Waals surface area contributed by atoms with Gasteiger partial charge in [0.15, 0.2) is 5.75 Å². The van der Waals surface area contributed by atoms with Crippen molar-refractivity contribution in [3.8, 4) is 11.5 Å². The fourth-order valence-corrected chi connectivity index (χ4v) is 1.57. The molecule has 0 unspecified atom stereocenters. The predicted octanol–water partition coefficient (Wildman–Crippen LogP) is 3.05. The van der Waals surface area contributed by atoms with E-state index in [1.807, 2.05) is 35.1 Å². The van der Waals surface area contributed by atoms with E-state index in [9.17, 15) is 0 Å². The number of ether oxygens (including phenoxy) is 2. The maximum Gasteiger partial charge on any atom is 0.157 e. The van der Waals surface area contributed by atoms with Gasteiger partial charge < -0.3 is 9.47 Å². The maximum atomic E-state index is 5.67. The Morgan fingerprint density at radius 1 is 1.17 bits per heavy atom. The summed E-state index contributed by atoms with van der Waals surface area (Å²) in [4.78, 5) is 0. The van der Waals surface area contributed by atoms with Crippen molar-refractivity contribution in [2.45, 2.75) is 26.5 Å². The summed E-state index contributed by atoms with van der Waals surface area (Å²) in [6, 6.07) is 8.19. The van der Waals surface area contributed by atoms with Crippen LogP contribution in [0.2, 0.25) is 0 Å². The Labute approximate surface area is 107 Å². The Morgan fingerprint density at radius 3 is 2.44 bits per heavy atom. The zero-order valence-corrected chi connectivity index (χ0v) is 11.0. The summed E-state index contributed by atoms with van der Waals surface area (Å²) in [5, 5.41) is 4.23. The monoisotopic (exact) mass is 246 g/mol. The zero-order valence-electron chi connectivity index (χ0n) is 11.0. The molecule has 0 saturated carbocycles. The van der Waals surface area contributed by atoms with Gasteiger partial charge in [0, 0.05) is 6.04 Å². The molecule has 4 heteroatoms. The molecule has 1 aromatic heterocycles. The van der Waals surface area contributed by atoms with E-state index in [1.165, 1.54) is 0 Å². The molecule has 0 fully saturated rings. The summed E-state index contributed by atoms with van der Waals surface area (Å²) in [6.45, 7) is 4.70. The Morgan fingerprint density at radius 2 is 1.89 bits per heavy atom. The Balaban J connectivity index is 1.93. The van der Waals surface area contributed by atoms with Gasteiger partial charge in [-0.3, -0.25) is 4.68 Å². The number of benzene rings is 1. The summed E-state index contributed by atoms with van der Waals surface area (Å²) < 4.78 is 12.7. The van der Waals surface area contributed by atoms with Crippen LogP contribution in [0.25, 0.3) is 0 Å². The number of rotatable bonds is 5. The van der Waals surface area contributed by atoms with Gasteiger partial charge in [0.1, 0.15) is 12.4 Å². The summed E-state index contributed by atoms with van der Waals surface area (Å²) in [6.07, 6.45) is 3.65. The maximum absolute atomic E-state index is 5.67. The largest absolute Gasteiger partial charge is 0.497 e. The topological polar surface area (TPSA) is 36.3 Å². The van der Waals surface area contributed by atoms with Crippen LogP contribution in [0, 0.1) is 0 Å². The molecule has 0 aliphatic heterocycles. The Kier molecular flexibility index (Phi) is 3.87. The minimum absolute atomic E-state index is 0.350. The van der Waals surface area contributed by atoms with Gasteiger partial charge >= 0.3 is 0 Å². The highest BCUT2D eigenvalue weighted by molar-refractivity contribution is 5.27. The molecular weight excluding hydrogens is 228 g/mol. The van der Waals surface area contributed by atoms with Crippen molar-refractivity contribution in [2.24, 2.45) is 0 Å². The lowest BCUT2D eigenvalue weighted by molar-refractivity contribution is 0.305. The van der Waals surface area contributed by atoms with Gasteiger partial charge in [-0.25, -0.2) is 0 Å². The van der Waals surface area contributed by atoms with Crippen LogP contribution in [0.4, 0.5) is 0 Å². The average Bonchev–Trinajstić information content (AvgIpc) is 2.86. The van der Waals surface area contributed by atoms with E-state index in [2.05, 4.69) is 18.9 Å². The molecule has 18 heavy (non-hydrogen) atoms. The first-order chi connectivity index (χ1) is 8.69. The van der Waals surface area contributed by atoms with Crippen LogP contribution in [0.3, 0.4) is 0 Å². The average molecular weight is 246 g/mol. The number of aromatic nitrogens is 2. The van der Waals surface area contributed by atoms with Gasteiger partial charge in [-0.15, -0.1) is 0 Å². The van der Waals surface area contributed by atoms with Gasteiger partial charge in [0.25, 0.3) is 0 Å². The van der Waals surface area contributed by atoms with E-state index in [0.717, 1.165) is 17.1 Å². The van der Waals surface area contributed by atoms with E-state index in [0.29, 0.717) is 12.6 Å². The molecule has 0 bridgehead atoms. The second-order valence-electron chi connectivity index (χ2n) is 4.39. The summed E-state index contributed by atoms with van der Waals surface area (Å²) in [7, 11) is 1.66. The molecule has 0 aliphatic rings. The lowest BCUT2D eigenvalue weighted by atomic mass is 10.2. The molecule has 0 N–H and O–H groups in total. The quantitative estimate of drug-likeness (QED) is 0.813. The summed E-state index contributed by atoms with van der Waals surface area (Å²) in [5.74, 6) is 1.64. The lowest BCUT2D eigenvalue weighted by Crippen LogP contribution is -2.00. The Hall–Kier alpha value is -1.97. The molecule has 2 aromatic rings. The highest BCUT2D eigenvalue weighted by Crippen LogP contribution is 2.16. The summed E-state index contributed by atoms with van der Waals surface area (Å²) in [5.41, 5.74) is 1.10. The number of methoxy groups -OCH3 is 1. The van der Waals surface area contributed by atoms with Crippen LogP contribution in [0.15, 0.2) is 36.7 Å². The molecule has 4 nitrogen and oxygen atoms in total. The normalized spacial score (nSPS) is 10.7. The second-order valence-corrected chi connectivity index (χ2v) is 4.39. The van der Waals surface area contributed by atoms with Crippen molar-refractivity contribution >= 4 is 0 Å². The van der Waals surface area contributed by atoms with Crippen molar-refractivity contribution in [1.29, 1.82) is 0 Å². The Bertz CT molecular complexity index is 489. The number of hydrogen-bond acceptors (Lipinski definition) is 3. The van der Waals surface area contributed by atoms with Crippen LogP contribution in [-0.2, 0) is 6.61 Å². The lowest BCUT2D eigenvalue weighted by Gasteiger charge is -2.05. The zero-order chi connectivity index (χ0) is 13.0. The molecule has 0 aliphatic carbocycles. The molecular formula is C14H18N2O2. The molecule has 0 amide bonds. The SMILES string of the molecule is COc1ccc(COc2cnn(C(C)C)c2)cc1. The highest BCUT2D eigenvalue weighted by atomic mass is 16.5. The molecule has 96 valence electrons. The first-order valence-corrected chi connectivity index (χ1v) is 5.99. The van der Waals surface area contributed by atoms with Crippen LogP contribution < -0.4 is 9.47 Å². The smallest absolute Gasteiger partial charge is 0.157 e. The van der Waals surface area contributed by atoms with Crippen molar-refractivity contribution in [3.05, 3.63) is 42.2 Å². The standard InChI is InChI=1S/C14H18N2O2/c1-11(2)16-9-14(8-15-16)18-10-12-4-6-13(17-3)7-5-12/h4-9,11H,10H2,1-3H3. The fourth-order valence-electron chi connectivity index (χ4n) is 1.57. The van der Waals surface area contributed by atoms with Gasteiger partial charge in [0.2, 0.25) is 0 Å². The highest BCUT2D eigenvalue weighted by Gasteiger charge is 2.02. The second kappa shape index (κ2) is 5.58. The first kappa shape index (κ1) is 12.5. The van der Waals surface area contributed by atoms with Crippen LogP contribution in [0.1, 0.15) is 25.5 Å². The number of hydrogen-bond donors (Lipinski definition) is 0. The third-order valence-electron chi connectivity index (χ3n) is 2.67.